The second-order valence-corrected chi connectivity index (χ2v) is 5.16. The highest BCUT2D eigenvalue weighted by Gasteiger charge is 2.21. The number of carbonyl (C=O) groups is 1. The van der Waals surface area contributed by atoms with Gasteiger partial charge >= 0.3 is 0 Å². The minimum Gasteiger partial charge on any atom is -0.496 e. The van der Waals surface area contributed by atoms with E-state index in [1.165, 1.54) is 5.56 Å². The van der Waals surface area contributed by atoms with Crippen molar-refractivity contribution in [1.82, 2.24) is 10.2 Å². The summed E-state index contributed by atoms with van der Waals surface area (Å²) in [6, 6.07) is 5.88. The normalized spacial score (nSPS) is 15.7. The Morgan fingerprint density at radius 1 is 1.32 bits per heavy atom. The number of nitrogens with zero attached hydrogens (tertiary/aromatic N) is 1. The van der Waals surface area contributed by atoms with Crippen LogP contribution in [0.4, 0.5) is 0 Å². The maximum atomic E-state index is 12.5. The number of carbonyl (C=O) groups excluding carboxylic acids is 1. The average molecular weight is 262 g/mol. The number of ether oxygens (including phenoxy) is 1. The molecule has 0 unspecified atom stereocenters. The Kier molecular flexibility index (Phi) is 4.43. The molecule has 0 bridgehead atoms. The van der Waals surface area contributed by atoms with Crippen LogP contribution < -0.4 is 10.1 Å². The Morgan fingerprint density at radius 3 is 2.58 bits per heavy atom. The fraction of sp³-hybridized carbons (Fsp3) is 0.533. The Labute approximate surface area is 114 Å². The third kappa shape index (κ3) is 3.07. The number of hydrogen-bond donors (Lipinski definition) is 1. The van der Waals surface area contributed by atoms with Crippen molar-refractivity contribution < 1.29 is 9.53 Å². The molecule has 0 radical (unpaired) electrons. The molecule has 1 saturated heterocycles. The maximum Gasteiger partial charge on any atom is 0.257 e. The molecule has 0 aliphatic carbocycles. The van der Waals surface area contributed by atoms with Crippen molar-refractivity contribution in [2.45, 2.75) is 19.8 Å². The molecule has 4 nitrogen and oxygen atoms in total. The van der Waals surface area contributed by atoms with E-state index in [9.17, 15) is 4.79 Å². The summed E-state index contributed by atoms with van der Waals surface area (Å²) in [5.41, 5.74) is 1.85. The SMILES string of the molecule is COc1cc(C(C)C)ccc1C(=O)N1CCNCC1. The summed E-state index contributed by atoms with van der Waals surface area (Å²) in [6.45, 7) is 7.50. The summed E-state index contributed by atoms with van der Waals surface area (Å²) in [7, 11) is 1.62. The van der Waals surface area contributed by atoms with E-state index in [0.29, 0.717) is 17.2 Å². The third-order valence-corrected chi connectivity index (χ3v) is 3.53. The zero-order chi connectivity index (χ0) is 13.8. The summed E-state index contributed by atoms with van der Waals surface area (Å²) >= 11 is 0. The van der Waals surface area contributed by atoms with Crippen molar-refractivity contribution in [2.75, 3.05) is 33.3 Å². The van der Waals surface area contributed by atoms with Crippen molar-refractivity contribution in [2.24, 2.45) is 0 Å². The zero-order valence-corrected chi connectivity index (χ0v) is 11.9. The molecule has 1 aromatic rings. The standard InChI is InChI=1S/C15H22N2O2/c1-11(2)12-4-5-13(14(10-12)19-3)15(18)17-8-6-16-7-9-17/h4-5,10-11,16H,6-9H2,1-3H3. The zero-order valence-electron chi connectivity index (χ0n) is 11.9. The van der Waals surface area contributed by atoms with Crippen molar-refractivity contribution in [3.8, 4) is 5.75 Å². The van der Waals surface area contributed by atoms with Crippen LogP contribution in [-0.4, -0.2) is 44.1 Å². The summed E-state index contributed by atoms with van der Waals surface area (Å²) in [6.07, 6.45) is 0. The first kappa shape index (κ1) is 13.9. The Bertz CT molecular complexity index is 451. The monoisotopic (exact) mass is 262 g/mol. The number of piperazine rings is 1. The van der Waals surface area contributed by atoms with Crippen LogP contribution in [-0.2, 0) is 0 Å². The van der Waals surface area contributed by atoms with Gasteiger partial charge in [-0.15, -0.1) is 0 Å². The predicted octanol–water partition coefficient (Wildman–Crippen LogP) is 1.86. The highest BCUT2D eigenvalue weighted by molar-refractivity contribution is 5.97. The first-order chi connectivity index (χ1) is 9.13. The second kappa shape index (κ2) is 6.06. The molecule has 1 fully saturated rings. The molecular weight excluding hydrogens is 240 g/mol. The van der Waals surface area contributed by atoms with Gasteiger partial charge in [0.25, 0.3) is 5.91 Å². The van der Waals surface area contributed by atoms with Crippen LogP contribution in [0.5, 0.6) is 5.75 Å². The lowest BCUT2D eigenvalue weighted by Gasteiger charge is -2.28. The molecule has 19 heavy (non-hydrogen) atoms. The highest BCUT2D eigenvalue weighted by atomic mass is 16.5. The third-order valence-electron chi connectivity index (χ3n) is 3.53. The fourth-order valence-electron chi connectivity index (χ4n) is 2.28. The topological polar surface area (TPSA) is 41.6 Å². The van der Waals surface area contributed by atoms with Crippen LogP contribution in [0.1, 0.15) is 35.7 Å². The molecule has 0 saturated carbocycles. The largest absolute Gasteiger partial charge is 0.496 e. The summed E-state index contributed by atoms with van der Waals surface area (Å²) in [5, 5.41) is 3.25. The minimum absolute atomic E-state index is 0.0636. The van der Waals surface area contributed by atoms with E-state index < -0.39 is 0 Å². The van der Waals surface area contributed by atoms with Crippen LogP contribution in [0.25, 0.3) is 0 Å². The Hall–Kier alpha value is -1.55. The molecule has 4 heteroatoms. The first-order valence-corrected chi connectivity index (χ1v) is 6.81. The molecule has 104 valence electrons. The number of amides is 1. The predicted molar refractivity (Wildman–Crippen MR) is 75.9 cm³/mol. The van der Waals surface area contributed by atoms with Crippen molar-refractivity contribution in [3.05, 3.63) is 29.3 Å². The van der Waals surface area contributed by atoms with Gasteiger partial charge in [0.05, 0.1) is 12.7 Å². The van der Waals surface area contributed by atoms with Gasteiger partial charge in [0.1, 0.15) is 5.75 Å². The highest BCUT2D eigenvalue weighted by Crippen LogP contribution is 2.25. The number of methoxy groups -OCH3 is 1. The fourth-order valence-corrected chi connectivity index (χ4v) is 2.28. The molecule has 0 aromatic heterocycles. The lowest BCUT2D eigenvalue weighted by Crippen LogP contribution is -2.46. The lowest BCUT2D eigenvalue weighted by molar-refractivity contribution is 0.0732. The first-order valence-electron chi connectivity index (χ1n) is 6.81. The Balaban J connectivity index is 2.25. The van der Waals surface area contributed by atoms with Gasteiger partial charge in [-0.2, -0.15) is 0 Å². The average Bonchev–Trinajstić information content (AvgIpc) is 2.46. The van der Waals surface area contributed by atoms with Gasteiger partial charge in [0.2, 0.25) is 0 Å². The van der Waals surface area contributed by atoms with Gasteiger partial charge in [-0.1, -0.05) is 19.9 Å². The van der Waals surface area contributed by atoms with E-state index in [-0.39, 0.29) is 5.91 Å². The van der Waals surface area contributed by atoms with E-state index in [4.69, 9.17) is 4.74 Å². The summed E-state index contributed by atoms with van der Waals surface area (Å²) < 4.78 is 5.38. The second-order valence-electron chi connectivity index (χ2n) is 5.16. The molecule has 1 amide bonds. The van der Waals surface area contributed by atoms with Crippen LogP contribution in [0, 0.1) is 0 Å². The number of nitrogens with one attached hydrogen (secondary N) is 1. The molecule has 1 N–H and O–H groups in total. The van der Waals surface area contributed by atoms with Crippen LogP contribution in [0.2, 0.25) is 0 Å². The van der Waals surface area contributed by atoms with Crippen LogP contribution in [0.3, 0.4) is 0 Å². The summed E-state index contributed by atoms with van der Waals surface area (Å²) in [5.74, 6) is 1.17. The lowest BCUT2D eigenvalue weighted by atomic mass is 10.0. The quantitative estimate of drug-likeness (QED) is 0.904. The van der Waals surface area contributed by atoms with Gasteiger partial charge < -0.3 is 15.0 Å². The number of benzene rings is 1. The number of rotatable bonds is 3. The smallest absolute Gasteiger partial charge is 0.257 e. The molecule has 1 aromatic carbocycles. The Morgan fingerprint density at radius 2 is 2.00 bits per heavy atom. The van der Waals surface area contributed by atoms with Crippen molar-refractivity contribution in [1.29, 1.82) is 0 Å². The van der Waals surface area contributed by atoms with Gasteiger partial charge in [-0.3, -0.25) is 4.79 Å². The van der Waals surface area contributed by atoms with Gasteiger partial charge in [0, 0.05) is 26.2 Å². The van der Waals surface area contributed by atoms with E-state index in [0.717, 1.165) is 26.2 Å². The number of hydrogen-bond acceptors (Lipinski definition) is 3. The van der Waals surface area contributed by atoms with Crippen LogP contribution >= 0.6 is 0 Å². The van der Waals surface area contributed by atoms with E-state index in [1.54, 1.807) is 7.11 Å². The van der Waals surface area contributed by atoms with Gasteiger partial charge in [0.15, 0.2) is 0 Å². The molecular formula is C15H22N2O2. The maximum absolute atomic E-state index is 12.5. The van der Waals surface area contributed by atoms with E-state index in [2.05, 4.69) is 19.2 Å². The van der Waals surface area contributed by atoms with Gasteiger partial charge in [-0.25, -0.2) is 0 Å². The molecule has 1 aliphatic heterocycles. The molecule has 2 rings (SSSR count). The molecule has 1 heterocycles. The van der Waals surface area contributed by atoms with E-state index in [1.807, 2.05) is 23.1 Å². The summed E-state index contributed by atoms with van der Waals surface area (Å²) in [4.78, 5) is 14.4. The molecule has 0 spiro atoms. The van der Waals surface area contributed by atoms with Crippen LogP contribution in [0.15, 0.2) is 18.2 Å². The molecule has 0 atom stereocenters. The minimum atomic E-state index is 0.0636. The van der Waals surface area contributed by atoms with Crippen molar-refractivity contribution in [3.63, 3.8) is 0 Å². The van der Waals surface area contributed by atoms with Crippen molar-refractivity contribution >= 4 is 5.91 Å². The van der Waals surface area contributed by atoms with Gasteiger partial charge in [-0.05, 0) is 23.6 Å². The molecule has 1 aliphatic rings. The van der Waals surface area contributed by atoms with E-state index >= 15 is 0 Å².